The number of fused-ring (bicyclic) bond motifs is 5. The molecule has 0 amide bonds. The van der Waals surface area contributed by atoms with E-state index in [9.17, 15) is 0 Å². The van der Waals surface area contributed by atoms with Crippen LogP contribution in [0.1, 0.15) is 30.5 Å². The number of aromatic nitrogens is 3. The molecule has 0 N–H and O–H groups in total. The summed E-state index contributed by atoms with van der Waals surface area (Å²) in [4.78, 5) is 8.68. The molecule has 0 radical (unpaired) electrons. The highest BCUT2D eigenvalue weighted by molar-refractivity contribution is 6.25. The molecule has 0 unspecified atom stereocenters. The standard InChI is InChI=1S/C28H25N4/c1-16-11-20-19-9-7-8-10-22(19)32-23-13-18(14-28(3,4)29-5)12-21-25(23)27(31(6)15-30-21)24(17(16)2)26(20)32/h7-13,15H,14H2,1-4,6H3/q+1. The van der Waals surface area contributed by atoms with Gasteiger partial charge in [0.05, 0.1) is 40.8 Å². The molecular formula is C28H25N4+. The summed E-state index contributed by atoms with van der Waals surface area (Å²) >= 11 is 0. The van der Waals surface area contributed by atoms with Crippen molar-refractivity contribution in [2.75, 3.05) is 0 Å². The molecule has 4 nitrogen and oxygen atoms in total. The van der Waals surface area contributed by atoms with Crippen molar-refractivity contribution >= 4 is 49.1 Å². The van der Waals surface area contributed by atoms with Gasteiger partial charge in [0.1, 0.15) is 5.52 Å². The van der Waals surface area contributed by atoms with E-state index < -0.39 is 5.54 Å². The van der Waals surface area contributed by atoms with Crippen LogP contribution in [0.3, 0.4) is 0 Å². The first kappa shape index (κ1) is 19.0. The number of nitrogens with zero attached hydrogens (tertiary/aromatic N) is 4. The molecule has 6 rings (SSSR count). The molecule has 0 atom stereocenters. The van der Waals surface area contributed by atoms with Crippen molar-refractivity contribution in [3.63, 3.8) is 0 Å². The van der Waals surface area contributed by atoms with E-state index in [1.54, 1.807) is 0 Å². The van der Waals surface area contributed by atoms with Gasteiger partial charge in [-0.05, 0) is 59.8 Å². The van der Waals surface area contributed by atoms with Gasteiger partial charge < -0.3 is 9.25 Å². The molecule has 32 heavy (non-hydrogen) atoms. The molecule has 4 heteroatoms. The fraction of sp³-hybridized carbons (Fsp3) is 0.250. The van der Waals surface area contributed by atoms with Crippen LogP contribution in [0.15, 0.2) is 48.8 Å². The Morgan fingerprint density at radius 3 is 2.59 bits per heavy atom. The number of para-hydroxylation sites is 1. The minimum atomic E-state index is -0.447. The fourth-order valence-corrected chi connectivity index (χ4v) is 5.41. The number of aryl methyl sites for hydroxylation is 3. The van der Waals surface area contributed by atoms with Crippen LogP contribution in [0.4, 0.5) is 0 Å². The molecule has 156 valence electrons. The van der Waals surface area contributed by atoms with Crippen LogP contribution >= 0.6 is 0 Å². The zero-order valence-electron chi connectivity index (χ0n) is 19.1. The van der Waals surface area contributed by atoms with Crippen molar-refractivity contribution in [2.45, 2.75) is 39.7 Å². The van der Waals surface area contributed by atoms with Crippen molar-refractivity contribution in [2.24, 2.45) is 7.05 Å². The van der Waals surface area contributed by atoms with E-state index in [1.165, 1.54) is 54.7 Å². The molecule has 0 saturated heterocycles. The topological polar surface area (TPSA) is 25.5 Å². The summed E-state index contributed by atoms with van der Waals surface area (Å²) < 4.78 is 4.59. The van der Waals surface area contributed by atoms with Crippen molar-refractivity contribution < 1.29 is 4.57 Å². The van der Waals surface area contributed by atoms with E-state index in [-0.39, 0.29) is 0 Å². The first-order valence-electron chi connectivity index (χ1n) is 11.0. The zero-order valence-corrected chi connectivity index (χ0v) is 19.1. The Morgan fingerprint density at radius 2 is 1.81 bits per heavy atom. The smallest absolute Gasteiger partial charge is 0.287 e. The summed E-state index contributed by atoms with van der Waals surface area (Å²) in [6, 6.07) is 15.5. The van der Waals surface area contributed by atoms with Crippen molar-refractivity contribution in [1.82, 2.24) is 9.38 Å². The van der Waals surface area contributed by atoms with E-state index in [2.05, 4.69) is 77.2 Å². The molecular weight excluding hydrogens is 392 g/mol. The number of rotatable bonds is 2. The van der Waals surface area contributed by atoms with Gasteiger partial charge in [-0.25, -0.2) is 11.1 Å². The second-order valence-corrected chi connectivity index (χ2v) is 9.76. The van der Waals surface area contributed by atoms with Crippen LogP contribution in [-0.4, -0.2) is 14.9 Å². The summed E-state index contributed by atoms with van der Waals surface area (Å²) in [5.41, 5.74) is 9.19. The molecule has 3 aromatic heterocycles. The normalized spacial score (nSPS) is 12.6. The molecule has 3 aromatic carbocycles. The Kier molecular flexibility index (Phi) is 3.67. The van der Waals surface area contributed by atoms with Gasteiger partial charge in [0.2, 0.25) is 5.54 Å². The van der Waals surface area contributed by atoms with Gasteiger partial charge in [-0.3, -0.25) is 0 Å². The van der Waals surface area contributed by atoms with Crippen LogP contribution in [0, 0.1) is 20.4 Å². The third kappa shape index (κ3) is 2.37. The number of hydrogen-bond donors (Lipinski definition) is 0. The molecule has 0 spiro atoms. The molecule has 3 heterocycles. The Labute approximate surface area is 186 Å². The monoisotopic (exact) mass is 417 g/mol. The second-order valence-electron chi connectivity index (χ2n) is 9.76. The molecule has 0 fully saturated rings. The van der Waals surface area contributed by atoms with Gasteiger partial charge >= 0.3 is 0 Å². The summed E-state index contributed by atoms with van der Waals surface area (Å²) in [6.45, 7) is 16.1. The Bertz CT molecular complexity index is 1760. The predicted octanol–water partition coefficient (Wildman–Crippen LogP) is 6.07. The average Bonchev–Trinajstić information content (AvgIpc) is 3.09. The van der Waals surface area contributed by atoms with E-state index >= 15 is 0 Å². The number of benzene rings is 3. The first-order chi connectivity index (χ1) is 15.3. The zero-order chi connectivity index (χ0) is 22.4. The summed E-state index contributed by atoms with van der Waals surface area (Å²) in [7, 11) is 2.09. The molecule has 0 saturated carbocycles. The maximum absolute atomic E-state index is 7.61. The fourth-order valence-electron chi connectivity index (χ4n) is 5.41. The maximum Gasteiger partial charge on any atom is 0.287 e. The van der Waals surface area contributed by atoms with E-state index in [4.69, 9.17) is 11.6 Å². The van der Waals surface area contributed by atoms with Crippen LogP contribution in [0.5, 0.6) is 0 Å². The summed E-state index contributed by atoms with van der Waals surface area (Å²) in [5.74, 6) is 0. The highest BCUT2D eigenvalue weighted by atomic mass is 15.0. The lowest BCUT2D eigenvalue weighted by Crippen LogP contribution is -2.30. The highest BCUT2D eigenvalue weighted by Gasteiger charge is 2.28. The Balaban J connectivity index is 1.96. The minimum Gasteiger partial charge on any atom is -0.311 e. The van der Waals surface area contributed by atoms with Gasteiger partial charge in [0.25, 0.3) is 6.33 Å². The number of pyridine rings is 1. The van der Waals surface area contributed by atoms with Crippen LogP contribution < -0.4 is 4.57 Å². The molecule has 6 aromatic rings. The minimum absolute atomic E-state index is 0.447. The van der Waals surface area contributed by atoms with Gasteiger partial charge in [-0.1, -0.05) is 18.2 Å². The predicted molar refractivity (Wildman–Crippen MR) is 131 cm³/mol. The molecule has 0 aliphatic heterocycles. The third-order valence-corrected chi connectivity index (χ3v) is 7.01. The largest absolute Gasteiger partial charge is 0.311 e. The number of hydrogen-bond acceptors (Lipinski definition) is 1. The summed E-state index contributed by atoms with van der Waals surface area (Å²) in [6.07, 6.45) is 2.62. The lowest BCUT2D eigenvalue weighted by molar-refractivity contribution is -0.646. The van der Waals surface area contributed by atoms with Crippen LogP contribution in [0.2, 0.25) is 0 Å². The molecule has 0 aliphatic carbocycles. The van der Waals surface area contributed by atoms with Gasteiger partial charge in [-0.15, -0.1) is 0 Å². The van der Waals surface area contributed by atoms with Crippen molar-refractivity contribution in [3.8, 4) is 0 Å². The lowest BCUT2D eigenvalue weighted by atomic mass is 9.93. The van der Waals surface area contributed by atoms with E-state index in [1.807, 2.05) is 20.2 Å². The lowest BCUT2D eigenvalue weighted by Gasteiger charge is -2.16. The van der Waals surface area contributed by atoms with Gasteiger partial charge in [0, 0.05) is 24.6 Å². The van der Waals surface area contributed by atoms with Gasteiger partial charge in [-0.2, -0.15) is 0 Å². The SMILES string of the molecule is [C-]#[N+]C(C)(C)Cc1cc2nc[n+](C)c3c4c(C)c(C)cc5c6ccccc6n(c(c1)c23)c54. The third-order valence-electron chi connectivity index (χ3n) is 7.01. The second kappa shape index (κ2) is 6.17. The molecule has 0 bridgehead atoms. The Hall–Kier alpha value is -3.71. The Morgan fingerprint density at radius 1 is 1.03 bits per heavy atom. The quantitative estimate of drug-likeness (QED) is 0.145. The van der Waals surface area contributed by atoms with Crippen molar-refractivity contribution in [3.05, 3.63) is 76.9 Å². The molecule has 0 aliphatic rings. The summed E-state index contributed by atoms with van der Waals surface area (Å²) in [5, 5.41) is 5.05. The van der Waals surface area contributed by atoms with Crippen molar-refractivity contribution in [1.29, 1.82) is 0 Å². The van der Waals surface area contributed by atoms with Crippen LogP contribution in [0.25, 0.3) is 54.0 Å². The maximum atomic E-state index is 7.61. The first-order valence-corrected chi connectivity index (χ1v) is 11.0. The van der Waals surface area contributed by atoms with Gasteiger partial charge in [0.15, 0.2) is 5.52 Å². The average molecular weight is 418 g/mol. The van der Waals surface area contributed by atoms with E-state index in [0.717, 1.165) is 11.1 Å². The highest BCUT2D eigenvalue weighted by Crippen LogP contribution is 2.41. The van der Waals surface area contributed by atoms with Crippen LogP contribution in [-0.2, 0) is 13.5 Å². The van der Waals surface area contributed by atoms with E-state index in [0.29, 0.717) is 6.42 Å².